The molecular weight excluding hydrogens is 544 g/mol. The lowest BCUT2D eigenvalue weighted by Gasteiger charge is -2.24. The summed E-state index contributed by atoms with van der Waals surface area (Å²) in [5, 5.41) is 7.81. The van der Waals surface area contributed by atoms with E-state index >= 15 is 0 Å². The zero-order valence-corrected chi connectivity index (χ0v) is 25.0. The van der Waals surface area contributed by atoms with Gasteiger partial charge in [-0.3, -0.25) is 0 Å². The molecule has 0 fully saturated rings. The van der Waals surface area contributed by atoms with Crippen LogP contribution in [0.15, 0.2) is 58.0 Å². The predicted octanol–water partition coefficient (Wildman–Crippen LogP) is 5.30. The van der Waals surface area contributed by atoms with Crippen molar-refractivity contribution in [3.05, 3.63) is 59.8 Å². The molecule has 11 nitrogen and oxygen atoms in total. The summed E-state index contributed by atoms with van der Waals surface area (Å²) in [6.45, 7) is 11.0. The maximum absolute atomic E-state index is 12.5. The molecule has 4 rings (SSSR count). The Morgan fingerprint density at radius 1 is 1.07 bits per heavy atom. The number of hydrogen-bond donors (Lipinski definition) is 1. The van der Waals surface area contributed by atoms with Crippen molar-refractivity contribution >= 4 is 21.7 Å². The number of nitrogen functional groups attached to an aromatic ring is 1. The minimum absolute atomic E-state index is 0.0963. The zero-order chi connectivity index (χ0) is 30.1. The first-order valence-electron chi connectivity index (χ1n) is 13.0. The third kappa shape index (κ3) is 6.71. The summed E-state index contributed by atoms with van der Waals surface area (Å²) in [5.74, 6) is 0.485. The minimum Gasteiger partial charge on any atom is -0.444 e. The summed E-state index contributed by atoms with van der Waals surface area (Å²) in [6.07, 6.45) is 1.09. The molecule has 0 saturated carbocycles. The van der Waals surface area contributed by atoms with Crippen LogP contribution in [0.25, 0.3) is 34.3 Å². The van der Waals surface area contributed by atoms with Gasteiger partial charge in [-0.05, 0) is 70.9 Å². The van der Waals surface area contributed by atoms with Crippen LogP contribution in [0.1, 0.15) is 45.7 Å². The molecule has 12 heteroatoms. The Bertz CT molecular complexity index is 1670. The molecular formula is C29H34N6O5S. The summed E-state index contributed by atoms with van der Waals surface area (Å²) < 4.78 is 36.3. The van der Waals surface area contributed by atoms with Gasteiger partial charge >= 0.3 is 6.09 Å². The Kier molecular flexibility index (Phi) is 8.16. The average molecular weight is 579 g/mol. The first-order valence-corrected chi connectivity index (χ1v) is 14.5. The lowest BCUT2D eigenvalue weighted by atomic mass is 10.0. The van der Waals surface area contributed by atoms with Crippen molar-refractivity contribution in [2.75, 3.05) is 12.8 Å². The second-order valence-corrected chi connectivity index (χ2v) is 13.5. The fraction of sp³-hybridized carbons (Fsp3) is 0.345. The molecule has 41 heavy (non-hydrogen) atoms. The molecule has 4 aromatic rings. The van der Waals surface area contributed by atoms with Crippen molar-refractivity contribution in [2.45, 2.75) is 63.8 Å². The van der Waals surface area contributed by atoms with Crippen LogP contribution in [0, 0.1) is 6.92 Å². The van der Waals surface area contributed by atoms with Crippen molar-refractivity contribution in [2.24, 2.45) is 0 Å². The molecule has 2 heterocycles. The normalized spacial score (nSPS) is 12.0. The second kappa shape index (κ2) is 11.3. The van der Waals surface area contributed by atoms with Gasteiger partial charge in [0.2, 0.25) is 5.89 Å². The molecule has 216 valence electrons. The average Bonchev–Trinajstić information content (AvgIpc) is 3.37. The van der Waals surface area contributed by atoms with Crippen molar-refractivity contribution in [3.8, 4) is 34.3 Å². The number of carbonyl (C=O) groups excluding carboxylic acids is 1. The number of nitrogens with zero attached hydrogens (tertiary/aromatic N) is 5. The van der Waals surface area contributed by atoms with Crippen molar-refractivity contribution in [1.82, 2.24) is 25.1 Å². The van der Waals surface area contributed by atoms with Crippen LogP contribution < -0.4 is 5.73 Å². The number of sulfone groups is 1. The van der Waals surface area contributed by atoms with Crippen molar-refractivity contribution < 1.29 is 22.4 Å². The van der Waals surface area contributed by atoms with Crippen LogP contribution in [0.2, 0.25) is 0 Å². The first-order chi connectivity index (χ1) is 19.2. The summed E-state index contributed by atoms with van der Waals surface area (Å²) >= 11 is 0. The van der Waals surface area contributed by atoms with Crippen molar-refractivity contribution in [3.63, 3.8) is 0 Å². The number of rotatable bonds is 7. The highest BCUT2D eigenvalue weighted by Gasteiger charge is 2.22. The fourth-order valence-electron chi connectivity index (χ4n) is 3.95. The van der Waals surface area contributed by atoms with Gasteiger partial charge < -0.3 is 19.8 Å². The van der Waals surface area contributed by atoms with E-state index in [1.54, 1.807) is 45.2 Å². The molecule has 0 spiro atoms. The maximum atomic E-state index is 12.5. The highest BCUT2D eigenvalue weighted by Crippen LogP contribution is 2.30. The second-order valence-electron chi connectivity index (χ2n) is 11.0. The van der Waals surface area contributed by atoms with Gasteiger partial charge in [-0.15, -0.1) is 10.2 Å². The molecule has 2 aromatic heterocycles. The number of benzene rings is 2. The van der Waals surface area contributed by atoms with E-state index in [1.165, 1.54) is 11.1 Å². The molecule has 0 atom stereocenters. The summed E-state index contributed by atoms with van der Waals surface area (Å²) in [7, 11) is -1.71. The Morgan fingerprint density at radius 3 is 2.34 bits per heavy atom. The number of aryl methyl sites for hydroxylation is 1. The molecule has 0 aliphatic rings. The molecule has 0 radical (unpaired) electrons. The van der Waals surface area contributed by atoms with Gasteiger partial charge in [0.25, 0.3) is 5.89 Å². The number of carbonyl (C=O) groups is 1. The smallest absolute Gasteiger partial charge is 0.410 e. The number of nitrogens with two attached hydrogens (primary N) is 1. The van der Waals surface area contributed by atoms with Gasteiger partial charge in [0.05, 0.1) is 22.0 Å². The third-order valence-corrected chi connectivity index (χ3v) is 8.34. The molecule has 2 N–H and O–H groups in total. The Labute approximate surface area is 239 Å². The molecule has 0 bridgehead atoms. The first kappa shape index (κ1) is 29.7. The van der Waals surface area contributed by atoms with E-state index in [0.29, 0.717) is 17.8 Å². The highest BCUT2D eigenvalue weighted by atomic mass is 32.2. The van der Waals surface area contributed by atoms with E-state index < -0.39 is 26.8 Å². The monoisotopic (exact) mass is 578 g/mol. The molecule has 2 aromatic carbocycles. The standard InChI is InChI=1S/C29H34N6O5S/c1-17(2)41(37,38)21-11-9-20(10-12-21)23-15-31-25(30)24(32-23)27-34-33-26(39-27)22-13-8-19(14-18(22)3)16-35(7)28(36)40-29(4,5)6/h8-15,17H,16H2,1-7H3,(H2,30,31). The Balaban J connectivity index is 1.56. The molecule has 0 aliphatic carbocycles. The highest BCUT2D eigenvalue weighted by molar-refractivity contribution is 7.92. The van der Waals surface area contributed by atoms with Crippen molar-refractivity contribution in [1.29, 1.82) is 0 Å². The van der Waals surface area contributed by atoms with E-state index in [-0.39, 0.29) is 28.2 Å². The number of amides is 1. The van der Waals surface area contributed by atoms with Gasteiger partial charge in [-0.2, -0.15) is 0 Å². The SMILES string of the molecule is Cc1cc(CN(C)C(=O)OC(C)(C)C)ccc1-c1nnc(-c2nc(-c3ccc(S(=O)(=O)C(C)C)cc3)cnc2N)o1. The minimum atomic E-state index is -3.39. The topological polar surface area (TPSA) is 154 Å². The van der Waals surface area contributed by atoms with Gasteiger partial charge in [-0.1, -0.05) is 24.3 Å². The van der Waals surface area contributed by atoms with Gasteiger partial charge in [0, 0.05) is 24.7 Å². The lowest BCUT2D eigenvalue weighted by molar-refractivity contribution is 0.0285. The van der Waals surface area contributed by atoms with E-state index in [9.17, 15) is 13.2 Å². The number of ether oxygens (including phenoxy) is 1. The molecule has 1 amide bonds. The number of anilines is 1. The van der Waals surface area contributed by atoms with Crippen LogP contribution in [-0.2, 0) is 21.1 Å². The summed E-state index contributed by atoms with van der Waals surface area (Å²) in [6, 6.07) is 12.1. The van der Waals surface area contributed by atoms with Crippen LogP contribution in [-0.4, -0.2) is 57.5 Å². The van der Waals surface area contributed by atoms with E-state index in [4.69, 9.17) is 14.9 Å². The Morgan fingerprint density at radius 2 is 1.73 bits per heavy atom. The molecule has 0 unspecified atom stereocenters. The summed E-state index contributed by atoms with van der Waals surface area (Å²) in [5.41, 5.74) is 9.37. The van der Waals surface area contributed by atoms with Gasteiger partial charge in [0.1, 0.15) is 5.60 Å². The number of hydrogen-bond acceptors (Lipinski definition) is 10. The third-order valence-electron chi connectivity index (χ3n) is 6.17. The van der Waals surface area contributed by atoms with Gasteiger partial charge in [0.15, 0.2) is 21.3 Å². The van der Waals surface area contributed by atoms with E-state index in [2.05, 4.69) is 20.2 Å². The van der Waals surface area contributed by atoms with Gasteiger partial charge in [-0.25, -0.2) is 23.2 Å². The molecule has 0 saturated heterocycles. The Hall–Kier alpha value is -4.32. The fourth-order valence-corrected chi connectivity index (χ4v) is 5.01. The van der Waals surface area contributed by atoms with Crippen LogP contribution in [0.3, 0.4) is 0 Å². The summed E-state index contributed by atoms with van der Waals surface area (Å²) in [4.78, 5) is 22.9. The quantitative estimate of drug-likeness (QED) is 0.305. The van der Waals surface area contributed by atoms with Crippen LogP contribution in [0.4, 0.5) is 10.6 Å². The van der Waals surface area contributed by atoms with E-state index in [0.717, 1.165) is 16.7 Å². The zero-order valence-electron chi connectivity index (χ0n) is 24.2. The van der Waals surface area contributed by atoms with E-state index in [1.807, 2.05) is 45.9 Å². The maximum Gasteiger partial charge on any atom is 0.410 e. The van der Waals surface area contributed by atoms with Crippen LogP contribution in [0.5, 0.6) is 0 Å². The van der Waals surface area contributed by atoms with Crippen LogP contribution >= 0.6 is 0 Å². The predicted molar refractivity (Wildman–Crippen MR) is 155 cm³/mol. The number of aromatic nitrogens is 4. The molecule has 0 aliphatic heterocycles. The lowest BCUT2D eigenvalue weighted by Crippen LogP contribution is -2.33. The largest absolute Gasteiger partial charge is 0.444 e.